The van der Waals surface area contributed by atoms with Crippen molar-refractivity contribution in [2.75, 3.05) is 23.4 Å². The highest BCUT2D eigenvalue weighted by molar-refractivity contribution is 9.10. The topological polar surface area (TPSA) is 55.4 Å². The molecule has 138 valence electrons. The Morgan fingerprint density at radius 3 is 2.38 bits per heavy atom. The van der Waals surface area contributed by atoms with Gasteiger partial charge in [0.15, 0.2) is 5.78 Å². The molecule has 2 aromatic carbocycles. The Morgan fingerprint density at radius 1 is 1.04 bits per heavy atom. The van der Waals surface area contributed by atoms with Crippen LogP contribution in [0.5, 0.6) is 5.75 Å². The van der Waals surface area contributed by atoms with Gasteiger partial charge >= 0.3 is 0 Å². The van der Waals surface area contributed by atoms with E-state index in [1.807, 2.05) is 36.4 Å². The van der Waals surface area contributed by atoms with E-state index in [9.17, 15) is 9.59 Å². The fraction of sp³-hybridized carbons (Fsp3) is 0.300. The van der Waals surface area contributed by atoms with E-state index in [2.05, 4.69) is 28.2 Å². The van der Waals surface area contributed by atoms with E-state index < -0.39 is 0 Å². The van der Waals surface area contributed by atoms with Gasteiger partial charge in [-0.15, -0.1) is 11.8 Å². The molecule has 0 unspecified atom stereocenters. The van der Waals surface area contributed by atoms with Crippen molar-refractivity contribution in [3.8, 4) is 5.75 Å². The number of carbonyl (C=O) groups excluding carboxylic acids is 2. The average molecular weight is 436 g/mol. The summed E-state index contributed by atoms with van der Waals surface area (Å²) in [4.78, 5) is 24.0. The predicted octanol–water partition coefficient (Wildman–Crippen LogP) is 5.18. The number of rotatable bonds is 10. The maximum absolute atomic E-state index is 12.1. The molecule has 4 nitrogen and oxygen atoms in total. The second kappa shape index (κ2) is 11.0. The number of amides is 1. The lowest BCUT2D eigenvalue weighted by atomic mass is 10.2. The summed E-state index contributed by atoms with van der Waals surface area (Å²) in [5.74, 6) is 1.20. The molecular weight excluding hydrogens is 414 g/mol. The van der Waals surface area contributed by atoms with Crippen molar-refractivity contribution in [3.63, 3.8) is 0 Å². The molecule has 6 heteroatoms. The number of hydrogen-bond donors (Lipinski definition) is 1. The number of halogens is 1. The quantitative estimate of drug-likeness (QED) is 0.412. The van der Waals surface area contributed by atoms with Crippen molar-refractivity contribution >= 4 is 45.1 Å². The van der Waals surface area contributed by atoms with Crippen molar-refractivity contribution in [2.45, 2.75) is 19.8 Å². The highest BCUT2D eigenvalue weighted by Crippen LogP contribution is 2.17. The highest BCUT2D eigenvalue weighted by atomic mass is 79.9. The minimum Gasteiger partial charge on any atom is -0.494 e. The number of carbonyl (C=O) groups is 2. The monoisotopic (exact) mass is 435 g/mol. The molecule has 2 aromatic rings. The molecule has 0 fully saturated rings. The van der Waals surface area contributed by atoms with Gasteiger partial charge < -0.3 is 10.1 Å². The van der Waals surface area contributed by atoms with Crippen LogP contribution < -0.4 is 10.1 Å². The van der Waals surface area contributed by atoms with Gasteiger partial charge in [-0.2, -0.15) is 0 Å². The molecule has 0 aliphatic rings. The van der Waals surface area contributed by atoms with Gasteiger partial charge in [0, 0.05) is 15.7 Å². The van der Waals surface area contributed by atoms with Crippen LogP contribution in [-0.4, -0.2) is 29.8 Å². The van der Waals surface area contributed by atoms with Crippen LogP contribution in [0.4, 0.5) is 5.69 Å². The van der Waals surface area contributed by atoms with Crippen LogP contribution in [0.3, 0.4) is 0 Å². The Morgan fingerprint density at radius 2 is 1.73 bits per heavy atom. The number of hydrogen-bond acceptors (Lipinski definition) is 4. The zero-order valence-corrected chi connectivity index (χ0v) is 17.1. The third-order valence-electron chi connectivity index (χ3n) is 3.54. The van der Waals surface area contributed by atoms with E-state index in [1.54, 1.807) is 12.1 Å². The van der Waals surface area contributed by atoms with Gasteiger partial charge in [-0.25, -0.2) is 0 Å². The molecule has 0 heterocycles. The summed E-state index contributed by atoms with van der Waals surface area (Å²) in [5, 5.41) is 2.82. The summed E-state index contributed by atoms with van der Waals surface area (Å²) < 4.78 is 6.52. The van der Waals surface area contributed by atoms with Crippen molar-refractivity contribution in [1.82, 2.24) is 0 Å². The van der Waals surface area contributed by atoms with Crippen molar-refractivity contribution in [3.05, 3.63) is 58.6 Å². The van der Waals surface area contributed by atoms with Gasteiger partial charge in [-0.1, -0.05) is 41.4 Å². The van der Waals surface area contributed by atoms with Crippen molar-refractivity contribution in [1.29, 1.82) is 0 Å². The fourth-order valence-corrected chi connectivity index (χ4v) is 3.10. The number of benzene rings is 2. The van der Waals surface area contributed by atoms with E-state index in [1.165, 1.54) is 11.8 Å². The Bertz CT molecular complexity index is 717. The molecule has 1 amide bonds. The predicted molar refractivity (Wildman–Crippen MR) is 111 cm³/mol. The maximum atomic E-state index is 12.1. The lowest BCUT2D eigenvalue weighted by molar-refractivity contribution is -0.113. The standard InChI is InChI=1S/C20H22BrNO3S/c1-2-3-12-25-18-10-8-17(9-11-18)22-20(24)14-26-13-19(23)15-4-6-16(21)7-5-15/h4-11H,2-3,12-14H2,1H3,(H,22,24). The molecule has 0 radical (unpaired) electrons. The number of ether oxygens (including phenoxy) is 1. The van der Waals surface area contributed by atoms with Gasteiger partial charge in [0.05, 0.1) is 18.1 Å². The number of nitrogens with one attached hydrogen (secondary N) is 1. The lowest BCUT2D eigenvalue weighted by Crippen LogP contribution is -2.15. The molecule has 0 bridgehead atoms. The molecule has 0 aromatic heterocycles. The molecule has 26 heavy (non-hydrogen) atoms. The first-order valence-electron chi connectivity index (χ1n) is 8.47. The van der Waals surface area contributed by atoms with Gasteiger partial charge in [0.25, 0.3) is 0 Å². The summed E-state index contributed by atoms with van der Waals surface area (Å²) in [6.07, 6.45) is 2.12. The molecule has 0 aliphatic carbocycles. The van der Waals surface area contributed by atoms with Crippen molar-refractivity contribution in [2.24, 2.45) is 0 Å². The van der Waals surface area contributed by atoms with Gasteiger partial charge in [0.1, 0.15) is 5.75 Å². The van der Waals surface area contributed by atoms with Crippen LogP contribution in [0.25, 0.3) is 0 Å². The number of anilines is 1. The third kappa shape index (κ3) is 7.22. The summed E-state index contributed by atoms with van der Waals surface area (Å²) in [6, 6.07) is 14.5. The number of thioether (sulfide) groups is 1. The number of unbranched alkanes of at least 4 members (excludes halogenated alkanes) is 1. The summed E-state index contributed by atoms with van der Waals surface area (Å²) in [5.41, 5.74) is 1.37. The van der Waals surface area contributed by atoms with Crippen LogP contribution in [0.2, 0.25) is 0 Å². The fourth-order valence-electron chi connectivity index (χ4n) is 2.12. The molecular formula is C20H22BrNO3S. The molecule has 1 N–H and O–H groups in total. The summed E-state index contributed by atoms with van der Waals surface area (Å²) in [7, 11) is 0. The Kier molecular flexibility index (Phi) is 8.71. The van der Waals surface area contributed by atoms with E-state index in [4.69, 9.17) is 4.74 Å². The Labute approximate surface area is 166 Å². The minimum absolute atomic E-state index is 0.0175. The van der Waals surface area contributed by atoms with Crippen molar-refractivity contribution < 1.29 is 14.3 Å². The highest BCUT2D eigenvalue weighted by Gasteiger charge is 2.08. The number of ketones is 1. The molecule has 0 saturated heterocycles. The van der Waals surface area contributed by atoms with Crippen LogP contribution in [-0.2, 0) is 4.79 Å². The van der Waals surface area contributed by atoms with E-state index in [0.717, 1.165) is 28.8 Å². The Hall–Kier alpha value is -1.79. The average Bonchev–Trinajstić information content (AvgIpc) is 2.64. The van der Waals surface area contributed by atoms with E-state index >= 15 is 0 Å². The van der Waals surface area contributed by atoms with Gasteiger partial charge in [0.2, 0.25) is 5.91 Å². The first kappa shape index (κ1) is 20.5. The van der Waals surface area contributed by atoms with Crippen LogP contribution in [0.15, 0.2) is 53.0 Å². The number of Topliss-reactive ketones (excluding diaryl/α,β-unsaturated/α-hetero) is 1. The largest absolute Gasteiger partial charge is 0.494 e. The van der Waals surface area contributed by atoms with Crippen LogP contribution in [0, 0.1) is 0 Å². The lowest BCUT2D eigenvalue weighted by Gasteiger charge is -2.08. The second-order valence-corrected chi connectivity index (χ2v) is 7.60. The molecule has 0 atom stereocenters. The smallest absolute Gasteiger partial charge is 0.234 e. The maximum Gasteiger partial charge on any atom is 0.234 e. The molecule has 0 spiro atoms. The Balaban J connectivity index is 1.71. The SMILES string of the molecule is CCCCOc1ccc(NC(=O)CSCC(=O)c2ccc(Br)cc2)cc1. The van der Waals surface area contributed by atoms with E-state index in [0.29, 0.717) is 12.2 Å². The first-order chi connectivity index (χ1) is 12.6. The normalized spacial score (nSPS) is 10.4. The summed E-state index contributed by atoms with van der Waals surface area (Å²) in [6.45, 7) is 2.82. The van der Waals surface area contributed by atoms with Crippen LogP contribution in [0.1, 0.15) is 30.1 Å². The van der Waals surface area contributed by atoms with Gasteiger partial charge in [-0.3, -0.25) is 9.59 Å². The molecule has 0 aliphatic heterocycles. The zero-order chi connectivity index (χ0) is 18.8. The second-order valence-electron chi connectivity index (χ2n) is 5.70. The zero-order valence-electron chi connectivity index (χ0n) is 14.7. The first-order valence-corrected chi connectivity index (χ1v) is 10.4. The van der Waals surface area contributed by atoms with E-state index in [-0.39, 0.29) is 23.2 Å². The van der Waals surface area contributed by atoms with Gasteiger partial charge in [-0.05, 0) is 42.8 Å². The summed E-state index contributed by atoms with van der Waals surface area (Å²) >= 11 is 4.65. The third-order valence-corrected chi connectivity index (χ3v) is 5.00. The molecule has 2 rings (SSSR count). The van der Waals surface area contributed by atoms with Crippen LogP contribution >= 0.6 is 27.7 Å². The minimum atomic E-state index is -0.127. The molecule has 0 saturated carbocycles.